The van der Waals surface area contributed by atoms with Crippen LogP contribution in [0, 0.1) is 5.82 Å². The molecule has 1 aromatic carbocycles. The maximum Gasteiger partial charge on any atom is 0.126 e. The molecule has 0 atom stereocenters. The zero-order valence-electron chi connectivity index (χ0n) is 9.69. The summed E-state index contributed by atoms with van der Waals surface area (Å²) in [5.41, 5.74) is 1.48. The van der Waals surface area contributed by atoms with Crippen molar-refractivity contribution in [1.29, 1.82) is 0 Å². The van der Waals surface area contributed by atoms with E-state index in [1.54, 1.807) is 6.92 Å². The summed E-state index contributed by atoms with van der Waals surface area (Å²) >= 11 is 0. The minimum absolute atomic E-state index is 0.136. The Morgan fingerprint density at radius 3 is 2.27 bits per heavy atom. The Bertz CT molecular complexity index is 400. The van der Waals surface area contributed by atoms with E-state index in [0.717, 1.165) is 0 Å². The average molecular weight is 208 g/mol. The molecule has 0 spiro atoms. The van der Waals surface area contributed by atoms with E-state index in [2.05, 4.69) is 6.58 Å². The normalized spacial score (nSPS) is 11.5. The van der Waals surface area contributed by atoms with Crippen LogP contribution in [0.25, 0.3) is 5.57 Å². The van der Waals surface area contributed by atoms with Gasteiger partial charge in [0, 0.05) is 11.1 Å². The third-order valence-electron chi connectivity index (χ3n) is 2.34. The fourth-order valence-electron chi connectivity index (χ4n) is 1.50. The van der Waals surface area contributed by atoms with Crippen molar-refractivity contribution in [2.45, 2.75) is 33.1 Å². The van der Waals surface area contributed by atoms with Crippen LogP contribution in [0.2, 0.25) is 0 Å². The first-order valence-corrected chi connectivity index (χ1v) is 4.92. The van der Waals surface area contributed by atoms with Crippen LogP contribution >= 0.6 is 0 Å². The van der Waals surface area contributed by atoms with Crippen molar-refractivity contribution in [3.05, 3.63) is 35.7 Å². The maximum atomic E-state index is 13.3. The maximum absolute atomic E-state index is 13.3. The first-order valence-electron chi connectivity index (χ1n) is 4.92. The van der Waals surface area contributed by atoms with Crippen LogP contribution in [-0.4, -0.2) is 5.11 Å². The molecule has 0 aliphatic heterocycles. The number of phenols is 1. The summed E-state index contributed by atoms with van der Waals surface area (Å²) in [5.74, 6) is -0.202. The molecule has 0 fully saturated rings. The van der Waals surface area contributed by atoms with E-state index in [1.165, 1.54) is 12.1 Å². The number of allylic oxidation sites excluding steroid dienone is 1. The highest BCUT2D eigenvalue weighted by Gasteiger charge is 2.21. The van der Waals surface area contributed by atoms with Crippen molar-refractivity contribution < 1.29 is 9.50 Å². The fourth-order valence-corrected chi connectivity index (χ4v) is 1.50. The Kier molecular flexibility index (Phi) is 2.89. The quantitative estimate of drug-likeness (QED) is 0.743. The monoisotopic (exact) mass is 208 g/mol. The molecule has 2 heteroatoms. The van der Waals surface area contributed by atoms with Crippen molar-refractivity contribution in [2.75, 3.05) is 0 Å². The predicted octanol–water partition coefficient (Wildman–Crippen LogP) is 3.86. The Morgan fingerprint density at radius 1 is 1.33 bits per heavy atom. The third-order valence-corrected chi connectivity index (χ3v) is 2.34. The van der Waals surface area contributed by atoms with Gasteiger partial charge in [-0.05, 0) is 30.0 Å². The molecule has 0 aliphatic rings. The van der Waals surface area contributed by atoms with Crippen LogP contribution in [0.4, 0.5) is 4.39 Å². The first-order chi connectivity index (χ1) is 6.73. The van der Waals surface area contributed by atoms with Crippen LogP contribution in [-0.2, 0) is 5.41 Å². The van der Waals surface area contributed by atoms with Gasteiger partial charge in [0.15, 0.2) is 0 Å². The molecule has 0 bridgehead atoms. The number of hydrogen-bond donors (Lipinski definition) is 1. The van der Waals surface area contributed by atoms with Crippen LogP contribution in [0.3, 0.4) is 0 Å². The Labute approximate surface area is 90.3 Å². The van der Waals surface area contributed by atoms with Gasteiger partial charge in [-0.25, -0.2) is 4.39 Å². The van der Waals surface area contributed by atoms with Crippen molar-refractivity contribution in [2.24, 2.45) is 0 Å². The molecular weight excluding hydrogens is 191 g/mol. The minimum Gasteiger partial charge on any atom is -0.507 e. The summed E-state index contributed by atoms with van der Waals surface area (Å²) in [5, 5.41) is 9.99. The van der Waals surface area contributed by atoms with Gasteiger partial charge < -0.3 is 5.11 Å². The highest BCUT2D eigenvalue weighted by Crippen LogP contribution is 2.36. The summed E-state index contributed by atoms with van der Waals surface area (Å²) in [6, 6.07) is 2.69. The van der Waals surface area contributed by atoms with E-state index in [1.807, 2.05) is 20.8 Å². The molecule has 1 rings (SSSR count). The highest BCUT2D eigenvalue weighted by molar-refractivity contribution is 5.69. The molecule has 0 heterocycles. The number of halogens is 1. The van der Waals surface area contributed by atoms with E-state index in [0.29, 0.717) is 16.7 Å². The van der Waals surface area contributed by atoms with Gasteiger partial charge in [-0.15, -0.1) is 0 Å². The molecule has 0 saturated heterocycles. The lowest BCUT2D eigenvalue weighted by Gasteiger charge is -2.22. The summed E-state index contributed by atoms with van der Waals surface area (Å²) < 4.78 is 13.3. The molecule has 0 unspecified atom stereocenters. The third kappa shape index (κ3) is 2.38. The smallest absolute Gasteiger partial charge is 0.126 e. The number of rotatable bonds is 1. The molecule has 15 heavy (non-hydrogen) atoms. The Hall–Kier alpha value is -1.31. The molecule has 1 nitrogen and oxygen atoms in total. The van der Waals surface area contributed by atoms with E-state index in [4.69, 9.17) is 0 Å². The Balaban J connectivity index is 3.49. The zero-order valence-corrected chi connectivity index (χ0v) is 9.69. The molecule has 0 saturated carbocycles. The van der Waals surface area contributed by atoms with E-state index < -0.39 is 0 Å². The summed E-state index contributed by atoms with van der Waals surface area (Å²) in [6.45, 7) is 11.3. The topological polar surface area (TPSA) is 20.2 Å². The largest absolute Gasteiger partial charge is 0.507 e. The minimum atomic E-state index is -0.337. The zero-order chi connectivity index (χ0) is 11.8. The summed E-state index contributed by atoms with van der Waals surface area (Å²) in [4.78, 5) is 0. The standard InChI is InChI=1S/C13H17FO/c1-8(2)10-6-9(14)7-11(12(10)15)13(3,4)5/h6-7,15H,1H2,2-5H3. The van der Waals surface area contributed by atoms with E-state index in [-0.39, 0.29) is 17.0 Å². The number of phenolic OH excluding ortho intramolecular Hbond substituents is 1. The second-order valence-electron chi connectivity index (χ2n) is 4.88. The van der Waals surface area contributed by atoms with E-state index in [9.17, 15) is 9.50 Å². The van der Waals surface area contributed by atoms with Crippen LogP contribution < -0.4 is 0 Å². The SMILES string of the molecule is C=C(C)c1cc(F)cc(C(C)(C)C)c1O. The second-order valence-corrected chi connectivity index (χ2v) is 4.88. The molecule has 1 N–H and O–H groups in total. The molecule has 0 amide bonds. The second kappa shape index (κ2) is 3.69. The van der Waals surface area contributed by atoms with Gasteiger partial charge in [0.2, 0.25) is 0 Å². The number of aromatic hydroxyl groups is 1. The summed E-state index contributed by atoms with van der Waals surface area (Å²) in [7, 11) is 0. The van der Waals surface area contributed by atoms with Crippen LogP contribution in [0.1, 0.15) is 38.8 Å². The van der Waals surface area contributed by atoms with Gasteiger partial charge in [-0.3, -0.25) is 0 Å². The molecule has 0 aliphatic carbocycles. The van der Waals surface area contributed by atoms with Crippen LogP contribution in [0.15, 0.2) is 18.7 Å². The molecular formula is C13H17FO. The van der Waals surface area contributed by atoms with Gasteiger partial charge in [0.25, 0.3) is 0 Å². The number of benzene rings is 1. The van der Waals surface area contributed by atoms with Crippen molar-refractivity contribution >= 4 is 5.57 Å². The van der Waals surface area contributed by atoms with Gasteiger partial charge in [-0.2, -0.15) is 0 Å². The van der Waals surface area contributed by atoms with Gasteiger partial charge >= 0.3 is 0 Å². The lowest BCUT2D eigenvalue weighted by Crippen LogP contribution is -2.12. The molecule has 1 aromatic rings. The molecule has 0 radical (unpaired) electrons. The Morgan fingerprint density at radius 2 is 1.87 bits per heavy atom. The highest BCUT2D eigenvalue weighted by atomic mass is 19.1. The van der Waals surface area contributed by atoms with Gasteiger partial charge in [0.05, 0.1) is 0 Å². The lowest BCUT2D eigenvalue weighted by molar-refractivity contribution is 0.441. The van der Waals surface area contributed by atoms with Crippen molar-refractivity contribution in [3.63, 3.8) is 0 Å². The fraction of sp³-hybridized carbons (Fsp3) is 0.385. The average Bonchev–Trinajstić information content (AvgIpc) is 2.06. The van der Waals surface area contributed by atoms with Gasteiger partial charge in [-0.1, -0.05) is 27.4 Å². The van der Waals surface area contributed by atoms with E-state index >= 15 is 0 Å². The predicted molar refractivity (Wildman–Crippen MR) is 61.5 cm³/mol. The van der Waals surface area contributed by atoms with Crippen molar-refractivity contribution in [1.82, 2.24) is 0 Å². The van der Waals surface area contributed by atoms with Crippen LogP contribution in [0.5, 0.6) is 5.75 Å². The van der Waals surface area contributed by atoms with Gasteiger partial charge in [0.1, 0.15) is 11.6 Å². The lowest BCUT2D eigenvalue weighted by atomic mass is 9.84. The first kappa shape index (κ1) is 11.8. The summed E-state index contributed by atoms with van der Waals surface area (Å²) in [6.07, 6.45) is 0. The molecule has 0 aromatic heterocycles. The molecule has 82 valence electrons. The van der Waals surface area contributed by atoms with Crippen molar-refractivity contribution in [3.8, 4) is 5.75 Å². The number of hydrogen-bond acceptors (Lipinski definition) is 1.